The molecule has 0 spiro atoms. The first-order chi connectivity index (χ1) is 16.6. The average Bonchev–Trinajstić information content (AvgIpc) is 2.85. The van der Waals surface area contributed by atoms with Crippen molar-refractivity contribution < 1.29 is 18.0 Å². The zero-order valence-electron chi connectivity index (χ0n) is 19.8. The highest BCUT2D eigenvalue weighted by atomic mass is 35.5. The number of anilines is 1. The van der Waals surface area contributed by atoms with Gasteiger partial charge in [0.05, 0.1) is 15.6 Å². The van der Waals surface area contributed by atoms with Gasteiger partial charge in [0.1, 0.15) is 12.6 Å². The first-order valence-corrected chi connectivity index (χ1v) is 12.9. The third-order valence-corrected chi connectivity index (χ3v) is 7.67. The number of amides is 2. The number of para-hydroxylation sites is 1. The Morgan fingerprint density at radius 3 is 2.26 bits per heavy atom. The summed E-state index contributed by atoms with van der Waals surface area (Å²) >= 11 is 6.36. The molecule has 0 aromatic heterocycles. The van der Waals surface area contributed by atoms with Crippen LogP contribution in [0.4, 0.5) is 5.69 Å². The SMILES string of the molecule is CNC(=O)C(C)N(Cc1cccc(C)c1)C(=O)CN(c1ccccc1Cl)S(=O)(=O)c1ccccc1. The summed E-state index contributed by atoms with van der Waals surface area (Å²) in [5.74, 6) is -0.900. The molecule has 0 radical (unpaired) electrons. The topological polar surface area (TPSA) is 86.8 Å². The zero-order chi connectivity index (χ0) is 25.6. The number of aryl methyl sites for hydroxylation is 1. The standard InChI is InChI=1S/C26H28ClN3O4S/c1-19-10-9-11-21(16-19)17-29(20(2)26(32)28-3)25(31)18-30(24-15-8-7-14-23(24)27)35(33,34)22-12-5-4-6-13-22/h4-16,20H,17-18H2,1-3H3,(H,28,32). The number of hydrogen-bond acceptors (Lipinski definition) is 4. The quantitative estimate of drug-likeness (QED) is 0.468. The van der Waals surface area contributed by atoms with Crippen LogP contribution in [0.3, 0.4) is 0 Å². The highest BCUT2D eigenvalue weighted by molar-refractivity contribution is 7.92. The number of carbonyl (C=O) groups excluding carboxylic acids is 2. The Hall–Kier alpha value is -3.36. The van der Waals surface area contributed by atoms with Gasteiger partial charge in [-0.1, -0.05) is 71.8 Å². The van der Waals surface area contributed by atoms with Crippen molar-refractivity contribution in [3.8, 4) is 0 Å². The van der Waals surface area contributed by atoms with Crippen molar-refractivity contribution in [2.75, 3.05) is 17.9 Å². The second-order valence-electron chi connectivity index (χ2n) is 8.08. The minimum atomic E-state index is -4.14. The van der Waals surface area contributed by atoms with Gasteiger partial charge in [-0.05, 0) is 43.7 Å². The Balaban J connectivity index is 2.04. The van der Waals surface area contributed by atoms with Crippen LogP contribution in [0.1, 0.15) is 18.1 Å². The van der Waals surface area contributed by atoms with E-state index < -0.39 is 28.5 Å². The molecule has 0 aliphatic rings. The summed E-state index contributed by atoms with van der Waals surface area (Å²) in [5.41, 5.74) is 2.01. The van der Waals surface area contributed by atoms with Crippen molar-refractivity contribution in [1.29, 1.82) is 0 Å². The van der Waals surface area contributed by atoms with E-state index in [4.69, 9.17) is 11.6 Å². The van der Waals surface area contributed by atoms with Gasteiger partial charge in [0.2, 0.25) is 11.8 Å². The second kappa shape index (κ2) is 11.4. The van der Waals surface area contributed by atoms with Crippen LogP contribution in [0.2, 0.25) is 5.02 Å². The molecule has 3 rings (SSSR count). The Kier molecular flexibility index (Phi) is 8.53. The maximum absolute atomic E-state index is 13.7. The molecule has 1 N–H and O–H groups in total. The van der Waals surface area contributed by atoms with Gasteiger partial charge in [-0.15, -0.1) is 0 Å². The first-order valence-electron chi connectivity index (χ1n) is 11.0. The Labute approximate surface area is 211 Å². The summed E-state index contributed by atoms with van der Waals surface area (Å²) in [6.07, 6.45) is 0. The summed E-state index contributed by atoms with van der Waals surface area (Å²) in [4.78, 5) is 27.5. The van der Waals surface area contributed by atoms with Crippen molar-refractivity contribution in [1.82, 2.24) is 10.2 Å². The van der Waals surface area contributed by atoms with Gasteiger partial charge in [0.25, 0.3) is 10.0 Å². The second-order valence-corrected chi connectivity index (χ2v) is 10.3. The van der Waals surface area contributed by atoms with Crippen LogP contribution in [-0.4, -0.2) is 44.8 Å². The fourth-order valence-corrected chi connectivity index (χ4v) is 5.43. The fourth-order valence-electron chi connectivity index (χ4n) is 3.69. The van der Waals surface area contributed by atoms with E-state index in [0.29, 0.717) is 0 Å². The molecule has 0 saturated heterocycles. The fraction of sp³-hybridized carbons (Fsp3) is 0.231. The zero-order valence-corrected chi connectivity index (χ0v) is 21.4. The van der Waals surface area contributed by atoms with Gasteiger partial charge < -0.3 is 10.2 Å². The lowest BCUT2D eigenvalue weighted by atomic mass is 10.1. The molecule has 0 heterocycles. The Bertz CT molecular complexity index is 1300. The summed E-state index contributed by atoms with van der Waals surface area (Å²) in [5, 5.41) is 2.75. The molecule has 1 atom stereocenters. The lowest BCUT2D eigenvalue weighted by Crippen LogP contribution is -2.50. The molecule has 0 fully saturated rings. The largest absolute Gasteiger partial charge is 0.357 e. The molecule has 35 heavy (non-hydrogen) atoms. The van der Waals surface area contributed by atoms with E-state index in [1.54, 1.807) is 49.4 Å². The van der Waals surface area contributed by atoms with Gasteiger partial charge >= 0.3 is 0 Å². The van der Waals surface area contributed by atoms with Crippen LogP contribution >= 0.6 is 11.6 Å². The lowest BCUT2D eigenvalue weighted by molar-refractivity contribution is -0.139. The van der Waals surface area contributed by atoms with Gasteiger partial charge in [0, 0.05) is 13.6 Å². The van der Waals surface area contributed by atoms with Crippen molar-refractivity contribution in [2.24, 2.45) is 0 Å². The van der Waals surface area contributed by atoms with E-state index in [1.807, 2.05) is 31.2 Å². The van der Waals surface area contributed by atoms with E-state index in [-0.39, 0.29) is 28.1 Å². The van der Waals surface area contributed by atoms with E-state index in [1.165, 1.54) is 24.1 Å². The van der Waals surface area contributed by atoms with Gasteiger partial charge in [-0.2, -0.15) is 0 Å². The monoisotopic (exact) mass is 513 g/mol. The smallest absolute Gasteiger partial charge is 0.264 e. The van der Waals surface area contributed by atoms with Crippen LogP contribution in [0.25, 0.3) is 0 Å². The number of likely N-dealkylation sites (N-methyl/N-ethyl adjacent to an activating group) is 1. The predicted octanol–water partition coefficient (Wildman–Crippen LogP) is 4.01. The molecule has 0 saturated carbocycles. The van der Waals surface area contributed by atoms with Crippen molar-refractivity contribution in [3.63, 3.8) is 0 Å². The summed E-state index contributed by atoms with van der Waals surface area (Å²) in [6.45, 7) is 3.15. The number of halogens is 1. The lowest BCUT2D eigenvalue weighted by Gasteiger charge is -2.32. The van der Waals surface area contributed by atoms with Gasteiger partial charge in [-0.3, -0.25) is 13.9 Å². The minimum Gasteiger partial charge on any atom is -0.357 e. The summed E-state index contributed by atoms with van der Waals surface area (Å²) in [6, 6.07) is 21.0. The van der Waals surface area contributed by atoms with Crippen LogP contribution < -0.4 is 9.62 Å². The van der Waals surface area contributed by atoms with E-state index in [0.717, 1.165) is 15.4 Å². The van der Waals surface area contributed by atoms with Crippen LogP contribution in [-0.2, 0) is 26.2 Å². The van der Waals surface area contributed by atoms with E-state index >= 15 is 0 Å². The van der Waals surface area contributed by atoms with Crippen molar-refractivity contribution in [2.45, 2.75) is 31.3 Å². The number of rotatable bonds is 9. The Morgan fingerprint density at radius 1 is 0.971 bits per heavy atom. The number of carbonyl (C=O) groups is 2. The third-order valence-electron chi connectivity index (χ3n) is 5.58. The molecule has 184 valence electrons. The molecule has 2 amide bonds. The average molecular weight is 514 g/mol. The number of nitrogens with zero attached hydrogens (tertiary/aromatic N) is 2. The predicted molar refractivity (Wildman–Crippen MR) is 138 cm³/mol. The number of hydrogen-bond donors (Lipinski definition) is 1. The number of benzene rings is 3. The molecule has 0 aliphatic carbocycles. The summed E-state index contributed by atoms with van der Waals surface area (Å²) < 4.78 is 28.2. The molecule has 3 aromatic rings. The molecule has 9 heteroatoms. The molecule has 1 unspecified atom stereocenters. The third kappa shape index (κ3) is 6.21. The number of sulfonamides is 1. The van der Waals surface area contributed by atoms with Crippen LogP contribution in [0.5, 0.6) is 0 Å². The molecule has 7 nitrogen and oxygen atoms in total. The normalized spacial score (nSPS) is 12.0. The summed E-state index contributed by atoms with van der Waals surface area (Å²) in [7, 11) is -2.65. The van der Waals surface area contributed by atoms with E-state index in [9.17, 15) is 18.0 Å². The van der Waals surface area contributed by atoms with Crippen LogP contribution in [0.15, 0.2) is 83.8 Å². The first kappa shape index (κ1) is 26.2. The Morgan fingerprint density at radius 2 is 1.63 bits per heavy atom. The molecule has 3 aromatic carbocycles. The highest BCUT2D eigenvalue weighted by Crippen LogP contribution is 2.30. The van der Waals surface area contributed by atoms with E-state index in [2.05, 4.69) is 5.32 Å². The van der Waals surface area contributed by atoms with Gasteiger partial charge in [-0.25, -0.2) is 8.42 Å². The highest BCUT2D eigenvalue weighted by Gasteiger charge is 2.33. The van der Waals surface area contributed by atoms with Crippen molar-refractivity contribution in [3.05, 3.63) is 95.0 Å². The van der Waals surface area contributed by atoms with Crippen molar-refractivity contribution >= 4 is 39.1 Å². The maximum atomic E-state index is 13.7. The minimum absolute atomic E-state index is 0.0253. The maximum Gasteiger partial charge on any atom is 0.264 e. The van der Waals surface area contributed by atoms with Gasteiger partial charge in [0.15, 0.2) is 0 Å². The molecular formula is C26H28ClN3O4S. The van der Waals surface area contributed by atoms with Crippen LogP contribution in [0, 0.1) is 6.92 Å². The number of nitrogens with one attached hydrogen (secondary N) is 1. The molecular weight excluding hydrogens is 486 g/mol. The molecule has 0 aliphatic heterocycles. The molecule has 0 bridgehead atoms.